The Morgan fingerprint density at radius 3 is 2.46 bits per heavy atom. The number of ether oxygens (including phenoxy) is 1. The van der Waals surface area contributed by atoms with Crippen LogP contribution in [-0.2, 0) is 4.74 Å². The fourth-order valence-electron chi connectivity index (χ4n) is 2.47. The largest absolute Gasteiger partial charge is 0.443 e. The molecule has 1 aromatic carbocycles. The summed E-state index contributed by atoms with van der Waals surface area (Å²) in [5.74, 6) is 0.420. The number of nitrogens with two attached hydrogens (primary N) is 1. The second-order valence-corrected chi connectivity index (χ2v) is 6.75. The van der Waals surface area contributed by atoms with Crippen molar-refractivity contribution in [3.8, 4) is 11.5 Å². The number of carbonyl (C=O) groups excluding carboxylic acids is 1. The van der Waals surface area contributed by atoms with Crippen molar-refractivity contribution in [2.24, 2.45) is 0 Å². The lowest BCUT2D eigenvalue weighted by Crippen LogP contribution is -2.27. The highest BCUT2D eigenvalue weighted by atomic mass is 16.6. The number of hydrogen-bond acceptors (Lipinski definition) is 5. The van der Waals surface area contributed by atoms with Crippen molar-refractivity contribution in [1.29, 1.82) is 0 Å². The maximum atomic E-state index is 12.7. The molecule has 0 fully saturated rings. The molecule has 6 nitrogen and oxygen atoms in total. The molecular weight excluding hydrogens is 304 g/mol. The molecule has 3 rings (SSSR count). The van der Waals surface area contributed by atoms with Crippen LogP contribution in [-0.4, -0.2) is 26.2 Å². The Bertz CT molecular complexity index is 905. The fourth-order valence-corrected chi connectivity index (χ4v) is 2.47. The van der Waals surface area contributed by atoms with Gasteiger partial charge in [-0.2, -0.15) is 0 Å². The maximum absolute atomic E-state index is 12.7. The lowest BCUT2D eigenvalue weighted by molar-refractivity contribution is 0.0547. The van der Waals surface area contributed by atoms with Gasteiger partial charge in [-0.3, -0.25) is 0 Å². The molecule has 2 aromatic heterocycles. The minimum absolute atomic E-state index is 0.420. The molecule has 3 aromatic rings. The second kappa shape index (κ2) is 5.63. The number of anilines is 1. The number of carbonyl (C=O) groups is 1. The SMILES string of the molecule is Cc1ccc2c(c1)cc(-c1ncc(N)cn1)n2C(=O)OC(C)(C)C. The van der Waals surface area contributed by atoms with Gasteiger partial charge in [-0.15, -0.1) is 0 Å². The number of hydrogen-bond donors (Lipinski definition) is 1. The zero-order valence-electron chi connectivity index (χ0n) is 14.2. The summed E-state index contributed by atoms with van der Waals surface area (Å²) in [4.78, 5) is 21.2. The number of fused-ring (bicyclic) bond motifs is 1. The number of aromatic nitrogens is 3. The van der Waals surface area contributed by atoms with Gasteiger partial charge < -0.3 is 10.5 Å². The number of nitrogens with zero attached hydrogens (tertiary/aromatic N) is 3. The van der Waals surface area contributed by atoms with Crippen LogP contribution < -0.4 is 5.73 Å². The Morgan fingerprint density at radius 1 is 1.17 bits per heavy atom. The lowest BCUT2D eigenvalue weighted by atomic mass is 10.2. The van der Waals surface area contributed by atoms with Crippen LogP contribution >= 0.6 is 0 Å². The highest BCUT2D eigenvalue weighted by molar-refractivity contribution is 5.95. The summed E-state index contributed by atoms with van der Waals surface area (Å²) in [6.45, 7) is 7.50. The van der Waals surface area contributed by atoms with Gasteiger partial charge in [-0.05, 0) is 45.9 Å². The number of rotatable bonds is 1. The fraction of sp³-hybridized carbons (Fsp3) is 0.278. The summed E-state index contributed by atoms with van der Waals surface area (Å²) in [5, 5.41) is 0.927. The zero-order chi connectivity index (χ0) is 17.5. The average Bonchev–Trinajstić information content (AvgIpc) is 2.84. The normalized spacial score (nSPS) is 11.7. The smallest absolute Gasteiger partial charge is 0.419 e. The molecular formula is C18H20N4O2. The Kier molecular flexibility index (Phi) is 3.75. The second-order valence-electron chi connectivity index (χ2n) is 6.75. The predicted molar refractivity (Wildman–Crippen MR) is 93.7 cm³/mol. The summed E-state index contributed by atoms with van der Waals surface area (Å²) < 4.78 is 7.06. The predicted octanol–water partition coefficient (Wildman–Crippen LogP) is 3.77. The van der Waals surface area contributed by atoms with E-state index in [1.807, 2.05) is 52.0 Å². The van der Waals surface area contributed by atoms with Gasteiger partial charge in [0, 0.05) is 5.39 Å². The van der Waals surface area contributed by atoms with Crippen LogP contribution in [0.3, 0.4) is 0 Å². The molecule has 6 heteroatoms. The highest BCUT2D eigenvalue weighted by Gasteiger charge is 2.23. The summed E-state index contributed by atoms with van der Waals surface area (Å²) >= 11 is 0. The van der Waals surface area contributed by atoms with Crippen molar-refractivity contribution >= 4 is 22.7 Å². The Balaban J connectivity index is 2.21. The van der Waals surface area contributed by atoms with Gasteiger partial charge in [-0.25, -0.2) is 19.3 Å². The van der Waals surface area contributed by atoms with Crippen molar-refractivity contribution < 1.29 is 9.53 Å². The molecule has 0 aliphatic carbocycles. The third-order valence-electron chi connectivity index (χ3n) is 3.43. The minimum Gasteiger partial charge on any atom is -0.443 e. The summed E-state index contributed by atoms with van der Waals surface area (Å²) in [5.41, 5.74) is 7.96. The molecule has 0 atom stereocenters. The Hall–Kier alpha value is -2.89. The number of nitrogen functional groups attached to an aromatic ring is 1. The van der Waals surface area contributed by atoms with Crippen LogP contribution in [0.25, 0.3) is 22.4 Å². The van der Waals surface area contributed by atoms with Crippen LogP contribution in [0, 0.1) is 6.92 Å². The Labute approximate surface area is 140 Å². The van der Waals surface area contributed by atoms with Gasteiger partial charge in [0.05, 0.1) is 29.3 Å². The molecule has 0 saturated carbocycles. The molecule has 0 aliphatic rings. The quantitative estimate of drug-likeness (QED) is 0.736. The molecule has 124 valence electrons. The van der Waals surface area contributed by atoms with E-state index >= 15 is 0 Å². The zero-order valence-corrected chi connectivity index (χ0v) is 14.2. The van der Waals surface area contributed by atoms with Gasteiger partial charge in [-0.1, -0.05) is 11.6 Å². The van der Waals surface area contributed by atoms with Gasteiger partial charge >= 0.3 is 6.09 Å². The van der Waals surface area contributed by atoms with Gasteiger partial charge in [0.1, 0.15) is 5.60 Å². The van der Waals surface area contributed by atoms with Gasteiger partial charge in [0.2, 0.25) is 0 Å². The van der Waals surface area contributed by atoms with Crippen LogP contribution in [0.1, 0.15) is 26.3 Å². The summed E-state index contributed by atoms with van der Waals surface area (Å²) in [7, 11) is 0. The first kappa shape index (κ1) is 16.0. The van der Waals surface area contributed by atoms with Crippen molar-refractivity contribution in [2.75, 3.05) is 5.73 Å². The standard InChI is InChI=1S/C18H20N4O2/c1-11-5-6-14-12(7-11)8-15(16-20-9-13(19)10-21-16)22(14)17(23)24-18(2,3)4/h5-10H,19H2,1-4H3. The third-order valence-corrected chi connectivity index (χ3v) is 3.43. The van der Waals surface area contributed by atoms with E-state index in [4.69, 9.17) is 10.5 Å². The van der Waals surface area contributed by atoms with Crippen molar-refractivity contribution in [3.63, 3.8) is 0 Å². The topological polar surface area (TPSA) is 83.0 Å². The van der Waals surface area contributed by atoms with Crippen molar-refractivity contribution in [2.45, 2.75) is 33.3 Å². The van der Waals surface area contributed by atoms with E-state index < -0.39 is 11.7 Å². The van der Waals surface area contributed by atoms with Crippen LogP contribution in [0.4, 0.5) is 10.5 Å². The van der Waals surface area contributed by atoms with E-state index in [0.29, 0.717) is 17.2 Å². The first-order chi connectivity index (χ1) is 11.2. The number of benzene rings is 1. The van der Waals surface area contributed by atoms with E-state index in [1.54, 1.807) is 0 Å². The van der Waals surface area contributed by atoms with E-state index in [-0.39, 0.29) is 0 Å². The summed E-state index contributed by atoms with van der Waals surface area (Å²) in [6, 6.07) is 7.75. The van der Waals surface area contributed by atoms with Gasteiger partial charge in [0.25, 0.3) is 0 Å². The third kappa shape index (κ3) is 3.08. The van der Waals surface area contributed by atoms with E-state index in [2.05, 4.69) is 9.97 Å². The minimum atomic E-state index is -0.600. The van der Waals surface area contributed by atoms with Crippen molar-refractivity contribution in [3.05, 3.63) is 42.2 Å². The van der Waals surface area contributed by atoms with E-state index in [9.17, 15) is 4.79 Å². The molecule has 24 heavy (non-hydrogen) atoms. The molecule has 2 heterocycles. The molecule has 0 unspecified atom stereocenters. The first-order valence-electron chi connectivity index (χ1n) is 7.68. The first-order valence-corrected chi connectivity index (χ1v) is 7.68. The molecule has 0 saturated heterocycles. The monoisotopic (exact) mass is 324 g/mol. The van der Waals surface area contributed by atoms with Crippen LogP contribution in [0.15, 0.2) is 36.7 Å². The molecule has 0 bridgehead atoms. The lowest BCUT2D eigenvalue weighted by Gasteiger charge is -2.20. The van der Waals surface area contributed by atoms with E-state index in [1.165, 1.54) is 17.0 Å². The van der Waals surface area contributed by atoms with Crippen molar-refractivity contribution in [1.82, 2.24) is 14.5 Å². The summed E-state index contributed by atoms with van der Waals surface area (Å²) in [6.07, 6.45) is 2.58. The molecule has 0 aliphatic heterocycles. The maximum Gasteiger partial charge on any atom is 0.419 e. The number of aryl methyl sites for hydroxylation is 1. The van der Waals surface area contributed by atoms with Crippen LogP contribution in [0.5, 0.6) is 0 Å². The highest BCUT2D eigenvalue weighted by Crippen LogP contribution is 2.28. The molecule has 0 radical (unpaired) electrons. The molecule has 2 N–H and O–H groups in total. The van der Waals surface area contributed by atoms with Gasteiger partial charge in [0.15, 0.2) is 5.82 Å². The van der Waals surface area contributed by atoms with Crippen LogP contribution in [0.2, 0.25) is 0 Å². The average molecular weight is 324 g/mol. The van der Waals surface area contributed by atoms with E-state index in [0.717, 1.165) is 16.5 Å². The molecule has 0 spiro atoms. The Morgan fingerprint density at radius 2 is 1.83 bits per heavy atom. The molecule has 0 amide bonds.